The van der Waals surface area contributed by atoms with Gasteiger partial charge >= 0.3 is 0 Å². The fourth-order valence-electron chi connectivity index (χ4n) is 2.06. The molecule has 1 fully saturated rings. The first-order valence-electron chi connectivity index (χ1n) is 5.23. The second-order valence-corrected chi connectivity index (χ2v) is 16.3. The fourth-order valence-corrected chi connectivity index (χ4v) is 7.85. The molecule has 1 saturated heterocycles. The summed E-state index contributed by atoms with van der Waals surface area (Å²) in [7, 11) is -2.14. The molecule has 0 bridgehead atoms. The molecule has 0 amide bonds. The van der Waals surface area contributed by atoms with Crippen molar-refractivity contribution in [2.24, 2.45) is 0 Å². The smallest absolute Gasteiger partial charge is 0.120 e. The van der Waals surface area contributed by atoms with Gasteiger partial charge in [-0.25, -0.2) is 0 Å². The minimum absolute atomic E-state index is 0.721. The van der Waals surface area contributed by atoms with Crippen molar-refractivity contribution in [3.8, 4) is 0 Å². The molecule has 1 aliphatic heterocycles. The highest BCUT2D eigenvalue weighted by molar-refractivity contribution is 6.80. The van der Waals surface area contributed by atoms with Gasteiger partial charge in [-0.3, -0.25) is 0 Å². The van der Waals surface area contributed by atoms with Crippen LogP contribution in [-0.2, 0) is 0 Å². The van der Waals surface area contributed by atoms with Crippen LogP contribution >= 0.6 is 0 Å². The Morgan fingerprint density at radius 1 is 1.08 bits per heavy atom. The zero-order valence-corrected chi connectivity index (χ0v) is 11.9. The quantitative estimate of drug-likeness (QED) is 0.710. The Labute approximate surface area is 84.8 Å². The molecule has 1 N–H and O–H groups in total. The minimum Gasteiger partial charge on any atom is -0.311 e. The molecule has 1 unspecified atom stereocenters. The van der Waals surface area contributed by atoms with E-state index in [1.165, 1.54) is 13.1 Å². The third-order valence-corrected chi connectivity index (χ3v) is 7.30. The molecule has 0 aromatic heterocycles. The standard InChI is InChI=1S/C9H24N2Si2/c1-12(2,3)9-10-7-8-11(9)13(4,5)6/h9-10H,7-8H2,1-6H3. The molecule has 2 nitrogen and oxygen atoms in total. The minimum atomic E-state index is -1.09. The molecular weight excluding hydrogens is 192 g/mol. The number of nitrogens with zero attached hydrogens (tertiary/aromatic N) is 1. The summed E-state index contributed by atoms with van der Waals surface area (Å²) in [6.45, 7) is 17.2. The molecule has 1 atom stereocenters. The maximum absolute atomic E-state index is 3.68. The van der Waals surface area contributed by atoms with Gasteiger partial charge < -0.3 is 9.88 Å². The van der Waals surface area contributed by atoms with Gasteiger partial charge in [-0.15, -0.1) is 0 Å². The molecular formula is C9H24N2Si2. The summed E-state index contributed by atoms with van der Waals surface area (Å²) in [5.74, 6) is 0.721. The zero-order chi connectivity index (χ0) is 10.3. The second kappa shape index (κ2) is 3.49. The number of hydrogen-bond acceptors (Lipinski definition) is 2. The molecule has 0 saturated carbocycles. The van der Waals surface area contributed by atoms with Crippen LogP contribution in [0.3, 0.4) is 0 Å². The van der Waals surface area contributed by atoms with E-state index in [1.807, 2.05) is 0 Å². The van der Waals surface area contributed by atoms with Crippen molar-refractivity contribution in [2.45, 2.75) is 45.1 Å². The predicted octanol–water partition coefficient (Wildman–Crippen LogP) is 1.93. The molecule has 0 spiro atoms. The number of rotatable bonds is 2. The third-order valence-electron chi connectivity index (χ3n) is 2.68. The van der Waals surface area contributed by atoms with Crippen LogP contribution in [0.4, 0.5) is 0 Å². The Balaban J connectivity index is 2.76. The van der Waals surface area contributed by atoms with Gasteiger partial charge in [-0.1, -0.05) is 39.3 Å². The van der Waals surface area contributed by atoms with Crippen LogP contribution in [0.2, 0.25) is 39.3 Å². The van der Waals surface area contributed by atoms with E-state index in [9.17, 15) is 0 Å². The first-order valence-corrected chi connectivity index (χ1v) is 12.3. The van der Waals surface area contributed by atoms with Crippen molar-refractivity contribution in [3.05, 3.63) is 0 Å². The van der Waals surface area contributed by atoms with Crippen LogP contribution in [-0.4, -0.2) is 39.8 Å². The lowest BCUT2D eigenvalue weighted by Crippen LogP contribution is -2.60. The van der Waals surface area contributed by atoms with Gasteiger partial charge in [-0.05, 0) is 0 Å². The van der Waals surface area contributed by atoms with Crippen molar-refractivity contribution in [1.29, 1.82) is 0 Å². The first-order chi connectivity index (χ1) is 5.73. The van der Waals surface area contributed by atoms with Gasteiger partial charge in [-0.2, -0.15) is 0 Å². The van der Waals surface area contributed by atoms with E-state index in [2.05, 4.69) is 49.2 Å². The molecule has 13 heavy (non-hydrogen) atoms. The van der Waals surface area contributed by atoms with Crippen LogP contribution in [0.1, 0.15) is 0 Å². The molecule has 1 aliphatic rings. The molecule has 4 heteroatoms. The summed E-state index contributed by atoms with van der Waals surface area (Å²) in [6, 6.07) is 0. The lowest BCUT2D eigenvalue weighted by Gasteiger charge is -2.40. The lowest BCUT2D eigenvalue weighted by atomic mass is 10.7. The second-order valence-electron chi connectivity index (χ2n) is 6.09. The summed E-state index contributed by atoms with van der Waals surface area (Å²) in [5.41, 5.74) is 0. The average molecular weight is 216 g/mol. The topological polar surface area (TPSA) is 15.3 Å². The number of hydrogen-bond donors (Lipinski definition) is 1. The van der Waals surface area contributed by atoms with E-state index < -0.39 is 16.3 Å². The van der Waals surface area contributed by atoms with Crippen molar-refractivity contribution < 1.29 is 0 Å². The van der Waals surface area contributed by atoms with Crippen LogP contribution in [0.5, 0.6) is 0 Å². The average Bonchev–Trinajstić information content (AvgIpc) is 2.27. The van der Waals surface area contributed by atoms with Gasteiger partial charge in [0.2, 0.25) is 0 Å². The molecule has 1 heterocycles. The van der Waals surface area contributed by atoms with Crippen molar-refractivity contribution in [3.63, 3.8) is 0 Å². The number of nitrogens with one attached hydrogen (secondary N) is 1. The monoisotopic (exact) mass is 216 g/mol. The Hall–Kier alpha value is 0.354. The Morgan fingerprint density at radius 3 is 1.92 bits per heavy atom. The highest BCUT2D eigenvalue weighted by Gasteiger charge is 2.40. The van der Waals surface area contributed by atoms with E-state index in [0.29, 0.717) is 0 Å². The molecule has 0 radical (unpaired) electrons. The van der Waals surface area contributed by atoms with Crippen LogP contribution in [0.15, 0.2) is 0 Å². The van der Waals surface area contributed by atoms with E-state index in [1.54, 1.807) is 0 Å². The van der Waals surface area contributed by atoms with Crippen LogP contribution in [0, 0.1) is 0 Å². The fraction of sp³-hybridized carbons (Fsp3) is 1.00. The van der Waals surface area contributed by atoms with E-state index >= 15 is 0 Å². The van der Waals surface area contributed by atoms with E-state index in [4.69, 9.17) is 0 Å². The highest BCUT2D eigenvalue weighted by Crippen LogP contribution is 2.22. The summed E-state index contributed by atoms with van der Waals surface area (Å²) >= 11 is 0. The van der Waals surface area contributed by atoms with Gasteiger partial charge in [0.05, 0.1) is 8.07 Å². The zero-order valence-electron chi connectivity index (χ0n) is 9.94. The molecule has 0 aromatic rings. The maximum Gasteiger partial charge on any atom is 0.120 e. The van der Waals surface area contributed by atoms with Gasteiger partial charge in [0.25, 0.3) is 0 Å². The Kier molecular flexibility index (Phi) is 3.07. The molecule has 0 aliphatic carbocycles. The van der Waals surface area contributed by atoms with Crippen LogP contribution in [0.25, 0.3) is 0 Å². The predicted molar refractivity (Wildman–Crippen MR) is 65.2 cm³/mol. The van der Waals surface area contributed by atoms with Gasteiger partial charge in [0.1, 0.15) is 8.24 Å². The third kappa shape index (κ3) is 2.65. The van der Waals surface area contributed by atoms with Crippen molar-refractivity contribution in [2.75, 3.05) is 13.1 Å². The summed E-state index contributed by atoms with van der Waals surface area (Å²) in [4.78, 5) is 0. The van der Waals surface area contributed by atoms with Crippen LogP contribution < -0.4 is 5.32 Å². The molecule has 1 rings (SSSR count). The maximum atomic E-state index is 3.68. The normalized spacial score (nSPS) is 26.8. The summed E-state index contributed by atoms with van der Waals surface area (Å²) in [6.07, 6.45) is 0. The SMILES string of the molecule is C[Si](C)(C)C1NCCN1[Si](C)(C)C. The van der Waals surface area contributed by atoms with Gasteiger partial charge in [0.15, 0.2) is 0 Å². The van der Waals surface area contributed by atoms with Crippen molar-refractivity contribution >= 4 is 16.3 Å². The Morgan fingerprint density at radius 2 is 1.62 bits per heavy atom. The summed E-state index contributed by atoms with van der Waals surface area (Å²) < 4.78 is 2.76. The Bertz CT molecular complexity index is 161. The largest absolute Gasteiger partial charge is 0.311 e. The van der Waals surface area contributed by atoms with Crippen molar-refractivity contribution in [1.82, 2.24) is 9.88 Å². The molecule has 0 aromatic carbocycles. The molecule has 78 valence electrons. The lowest BCUT2D eigenvalue weighted by molar-refractivity contribution is 0.457. The first kappa shape index (κ1) is 11.4. The summed E-state index contributed by atoms with van der Waals surface area (Å²) in [5, 5.41) is 3.68. The van der Waals surface area contributed by atoms with E-state index in [0.717, 1.165) is 5.79 Å². The highest BCUT2D eigenvalue weighted by atomic mass is 28.3. The van der Waals surface area contributed by atoms with Gasteiger partial charge in [0, 0.05) is 18.9 Å². The van der Waals surface area contributed by atoms with E-state index in [-0.39, 0.29) is 0 Å².